The van der Waals surface area contributed by atoms with Crippen molar-refractivity contribution < 1.29 is 4.74 Å². The minimum absolute atomic E-state index is 0. The van der Waals surface area contributed by atoms with Gasteiger partial charge in [0.25, 0.3) is 0 Å². The first-order valence-corrected chi connectivity index (χ1v) is 12.1. The Labute approximate surface area is 195 Å². The molecule has 0 saturated carbocycles. The molecule has 2 saturated heterocycles. The first-order chi connectivity index (χ1) is 13.2. The van der Waals surface area contributed by atoms with Crippen molar-refractivity contribution >= 4 is 53.0 Å². The molecule has 1 N–H and O–H groups in total. The monoisotopic (exact) mass is 538 g/mol. The van der Waals surface area contributed by atoms with Gasteiger partial charge in [-0.05, 0) is 37.0 Å². The molecule has 3 rings (SSSR count). The molecule has 5 nitrogen and oxygen atoms in total. The maximum atomic E-state index is 5.60. The lowest BCUT2D eigenvalue weighted by molar-refractivity contribution is 0.0792. The summed E-state index contributed by atoms with van der Waals surface area (Å²) in [5.74, 6) is 2.24. The first-order valence-electron chi connectivity index (χ1n) is 10.2. The molecular weight excluding hydrogens is 503 g/mol. The number of hydrogen-bond donors (Lipinski definition) is 1. The highest BCUT2D eigenvalue weighted by molar-refractivity contribution is 14.0. The van der Waals surface area contributed by atoms with E-state index in [1.807, 2.05) is 11.3 Å². The number of hydrogen-bond acceptors (Lipinski definition) is 5. The minimum atomic E-state index is 0. The summed E-state index contributed by atoms with van der Waals surface area (Å²) in [6.07, 6.45) is 2.23. The van der Waals surface area contributed by atoms with Crippen LogP contribution in [0.1, 0.15) is 31.6 Å². The van der Waals surface area contributed by atoms with Crippen LogP contribution >= 0.6 is 47.1 Å². The van der Waals surface area contributed by atoms with Gasteiger partial charge in [-0.25, -0.2) is 0 Å². The maximum Gasteiger partial charge on any atom is 0.194 e. The van der Waals surface area contributed by atoms with Crippen LogP contribution in [0, 0.1) is 0 Å². The van der Waals surface area contributed by atoms with Gasteiger partial charge in [0.05, 0.1) is 6.54 Å². The normalized spacial score (nSPS) is 20.6. The number of ether oxygens (including phenoxy) is 1. The highest BCUT2D eigenvalue weighted by Gasteiger charge is 2.33. The summed E-state index contributed by atoms with van der Waals surface area (Å²) in [6.45, 7) is 13.4. The zero-order valence-corrected chi connectivity index (χ0v) is 21.2. The second kappa shape index (κ2) is 12.6. The van der Waals surface area contributed by atoms with Gasteiger partial charge in [-0.3, -0.25) is 9.89 Å². The molecule has 28 heavy (non-hydrogen) atoms. The smallest absolute Gasteiger partial charge is 0.194 e. The molecule has 0 unspecified atom stereocenters. The van der Waals surface area contributed by atoms with E-state index in [2.05, 4.69) is 58.2 Å². The molecular formula is C20H35IN4OS2. The van der Waals surface area contributed by atoms with E-state index >= 15 is 0 Å². The molecule has 0 bridgehead atoms. The van der Waals surface area contributed by atoms with Crippen LogP contribution in [0.5, 0.6) is 0 Å². The molecule has 0 radical (unpaired) electrons. The Morgan fingerprint density at radius 1 is 1.25 bits per heavy atom. The van der Waals surface area contributed by atoms with Gasteiger partial charge in [0.2, 0.25) is 0 Å². The quantitative estimate of drug-likeness (QED) is 0.326. The van der Waals surface area contributed by atoms with E-state index in [-0.39, 0.29) is 28.7 Å². The van der Waals surface area contributed by atoms with Crippen LogP contribution < -0.4 is 5.32 Å². The van der Waals surface area contributed by atoms with Crippen LogP contribution in [-0.4, -0.2) is 78.7 Å². The molecule has 0 amide bonds. The van der Waals surface area contributed by atoms with E-state index in [0.29, 0.717) is 0 Å². The number of rotatable bonds is 7. The van der Waals surface area contributed by atoms with Crippen molar-refractivity contribution in [2.75, 3.05) is 58.2 Å². The Hall–Kier alpha value is -0.0300. The molecule has 1 aromatic heterocycles. The summed E-state index contributed by atoms with van der Waals surface area (Å²) in [6, 6.07) is 4.38. The van der Waals surface area contributed by atoms with E-state index in [1.54, 1.807) is 0 Å². The van der Waals surface area contributed by atoms with Crippen LogP contribution in [0.3, 0.4) is 0 Å². The summed E-state index contributed by atoms with van der Waals surface area (Å²) in [5.41, 5.74) is 0. The summed E-state index contributed by atoms with van der Waals surface area (Å²) in [7, 11) is 0. The van der Waals surface area contributed by atoms with Crippen LogP contribution in [0.4, 0.5) is 0 Å². The summed E-state index contributed by atoms with van der Waals surface area (Å²) in [4.78, 5) is 11.5. The molecule has 0 aromatic carbocycles. The first kappa shape index (κ1) is 24.2. The van der Waals surface area contributed by atoms with Crippen molar-refractivity contribution in [1.82, 2.24) is 15.1 Å². The fourth-order valence-corrected chi connectivity index (χ4v) is 5.75. The predicted molar refractivity (Wildman–Crippen MR) is 133 cm³/mol. The largest absolute Gasteiger partial charge is 0.381 e. The van der Waals surface area contributed by atoms with Crippen molar-refractivity contribution in [3.05, 3.63) is 22.4 Å². The van der Waals surface area contributed by atoms with Crippen molar-refractivity contribution in [3.8, 4) is 0 Å². The molecule has 2 fully saturated rings. The van der Waals surface area contributed by atoms with E-state index in [4.69, 9.17) is 9.73 Å². The third kappa shape index (κ3) is 7.04. The third-order valence-electron chi connectivity index (χ3n) is 5.34. The zero-order valence-electron chi connectivity index (χ0n) is 17.2. The third-order valence-corrected chi connectivity index (χ3v) is 7.64. The maximum absolute atomic E-state index is 5.60. The van der Waals surface area contributed by atoms with E-state index in [9.17, 15) is 0 Å². The number of thioether (sulfide) groups is 1. The van der Waals surface area contributed by atoms with Gasteiger partial charge in [0.1, 0.15) is 0 Å². The average Bonchev–Trinajstić information content (AvgIpc) is 3.20. The minimum Gasteiger partial charge on any atom is -0.381 e. The van der Waals surface area contributed by atoms with Crippen LogP contribution in [-0.2, 0) is 11.3 Å². The highest BCUT2D eigenvalue weighted by Crippen LogP contribution is 2.35. The van der Waals surface area contributed by atoms with Crippen LogP contribution in [0.15, 0.2) is 22.5 Å². The molecule has 0 atom stereocenters. The van der Waals surface area contributed by atoms with Gasteiger partial charge in [0, 0.05) is 62.1 Å². The van der Waals surface area contributed by atoms with Gasteiger partial charge in [-0.15, -0.1) is 35.3 Å². The van der Waals surface area contributed by atoms with E-state index in [0.717, 1.165) is 83.6 Å². The number of nitrogens with one attached hydrogen (secondary N) is 1. The fraction of sp³-hybridized carbons (Fsp3) is 0.750. The Morgan fingerprint density at radius 3 is 2.61 bits per heavy atom. The van der Waals surface area contributed by atoms with Gasteiger partial charge < -0.3 is 15.0 Å². The molecule has 0 aliphatic carbocycles. The Balaban J connectivity index is 0.00000280. The topological polar surface area (TPSA) is 40.1 Å². The number of thiophene rings is 1. The number of aliphatic imine (C=N–C) groups is 1. The second-order valence-corrected chi connectivity index (χ2v) is 10.0. The van der Waals surface area contributed by atoms with Gasteiger partial charge in [-0.1, -0.05) is 13.0 Å². The van der Waals surface area contributed by atoms with E-state index < -0.39 is 0 Å². The van der Waals surface area contributed by atoms with Crippen molar-refractivity contribution in [1.29, 1.82) is 0 Å². The van der Waals surface area contributed by atoms with Gasteiger partial charge in [-0.2, -0.15) is 11.8 Å². The van der Waals surface area contributed by atoms with Crippen molar-refractivity contribution in [2.45, 2.75) is 38.0 Å². The lowest BCUT2D eigenvalue weighted by atomic mass is 9.99. The number of piperazine rings is 1. The lowest BCUT2D eigenvalue weighted by Gasteiger charge is -2.38. The molecule has 160 valence electrons. The molecule has 0 spiro atoms. The van der Waals surface area contributed by atoms with Crippen LogP contribution in [0.25, 0.3) is 0 Å². The number of nitrogens with zero attached hydrogens (tertiary/aromatic N) is 3. The second-order valence-electron chi connectivity index (χ2n) is 7.24. The summed E-state index contributed by atoms with van der Waals surface area (Å²) < 4.78 is 5.86. The SMILES string of the molecule is CCNC(=NCC1(SCC)CCOCC1)N1CCN(Cc2cccs2)CC1.I. The van der Waals surface area contributed by atoms with Gasteiger partial charge >= 0.3 is 0 Å². The van der Waals surface area contributed by atoms with Crippen LogP contribution in [0.2, 0.25) is 0 Å². The molecule has 3 heterocycles. The summed E-state index contributed by atoms with van der Waals surface area (Å²) in [5, 5.41) is 5.70. The van der Waals surface area contributed by atoms with E-state index in [1.165, 1.54) is 4.88 Å². The Kier molecular flexibility index (Phi) is 10.9. The van der Waals surface area contributed by atoms with Crippen molar-refractivity contribution in [3.63, 3.8) is 0 Å². The molecule has 2 aliphatic rings. The Bertz CT molecular complexity index is 565. The number of halogens is 1. The fourth-order valence-electron chi connectivity index (χ4n) is 3.78. The summed E-state index contributed by atoms with van der Waals surface area (Å²) >= 11 is 3.92. The lowest BCUT2D eigenvalue weighted by Crippen LogP contribution is -2.52. The Morgan fingerprint density at radius 2 is 2.00 bits per heavy atom. The van der Waals surface area contributed by atoms with Gasteiger partial charge in [0.15, 0.2) is 5.96 Å². The highest BCUT2D eigenvalue weighted by atomic mass is 127. The molecule has 8 heteroatoms. The predicted octanol–water partition coefficient (Wildman–Crippen LogP) is 3.75. The molecule has 1 aromatic rings. The molecule has 2 aliphatic heterocycles. The van der Waals surface area contributed by atoms with Crippen molar-refractivity contribution in [2.24, 2.45) is 4.99 Å². The standard InChI is InChI=1S/C20H34N4OS2.HI/c1-3-21-19(22-17-20(27-4-2)7-13-25-14-8-20)24-11-9-23(10-12-24)16-18-6-5-15-26-18;/h5-6,15H,3-4,7-14,16-17H2,1-2H3,(H,21,22);1H. The zero-order chi connectivity index (χ0) is 19.0. The number of guanidine groups is 1. The average molecular weight is 539 g/mol.